The summed E-state index contributed by atoms with van der Waals surface area (Å²) in [6, 6.07) is 19.3. The summed E-state index contributed by atoms with van der Waals surface area (Å²) in [5.74, 6) is -0.622. The van der Waals surface area contributed by atoms with Crippen LogP contribution >= 0.6 is 23.2 Å². The summed E-state index contributed by atoms with van der Waals surface area (Å²) in [5, 5.41) is 4.07. The van der Waals surface area contributed by atoms with Gasteiger partial charge in [0.15, 0.2) is 0 Å². The second-order valence-electron chi connectivity index (χ2n) is 11.0. The van der Waals surface area contributed by atoms with Crippen LogP contribution in [-0.2, 0) is 12.0 Å². The number of H-pyrrole nitrogens is 2. The number of aromatic amines is 2. The zero-order valence-corrected chi connectivity index (χ0v) is 22.5. The highest BCUT2D eigenvalue weighted by molar-refractivity contribution is 6.43. The summed E-state index contributed by atoms with van der Waals surface area (Å²) in [7, 11) is 0. The van der Waals surface area contributed by atoms with E-state index in [4.69, 9.17) is 23.2 Å². The Morgan fingerprint density at radius 1 is 0.684 bits per heavy atom. The number of halogens is 2. The molecule has 7 heteroatoms. The van der Waals surface area contributed by atoms with Crippen molar-refractivity contribution in [2.24, 2.45) is 0 Å². The first-order valence-electron chi connectivity index (χ1n) is 12.5. The lowest BCUT2D eigenvalue weighted by molar-refractivity contribution is 0.0643. The zero-order valence-electron chi connectivity index (χ0n) is 21.0. The molecule has 0 aliphatic carbocycles. The molecule has 0 unspecified atom stereocenters. The lowest BCUT2D eigenvalue weighted by atomic mass is 9.87. The number of benzene rings is 4. The second-order valence-corrected chi connectivity index (χ2v) is 11.8. The van der Waals surface area contributed by atoms with Crippen molar-refractivity contribution in [2.75, 3.05) is 0 Å². The highest BCUT2D eigenvalue weighted by Gasteiger charge is 2.41. The van der Waals surface area contributed by atoms with E-state index in [2.05, 4.69) is 42.9 Å². The maximum Gasteiger partial charge on any atom is 0.262 e. The standard InChI is InChI=1S/C31H23Cl2N3O2/c1-31(2,3)16-12-10-15(11-13-16)14-36-29(37)23-21-17-6-4-8-19(32)25(17)34-27(21)28-22(24(23)30(36)38)18-7-5-9-20(33)26(18)35-28/h4-13,34-35H,14H2,1-3H3. The Morgan fingerprint density at radius 2 is 1.16 bits per heavy atom. The number of hydrogen-bond donors (Lipinski definition) is 2. The molecule has 0 saturated heterocycles. The van der Waals surface area contributed by atoms with Crippen molar-refractivity contribution in [3.63, 3.8) is 0 Å². The smallest absolute Gasteiger partial charge is 0.262 e. The second kappa shape index (κ2) is 7.85. The van der Waals surface area contributed by atoms with Gasteiger partial charge in [0.1, 0.15) is 0 Å². The van der Waals surface area contributed by atoms with E-state index in [0.717, 1.165) is 38.4 Å². The van der Waals surface area contributed by atoms with Crippen molar-refractivity contribution in [2.45, 2.75) is 32.7 Å². The first kappa shape index (κ1) is 23.3. The fraction of sp³-hybridized carbons (Fsp3) is 0.161. The van der Waals surface area contributed by atoms with Crippen molar-refractivity contribution in [1.82, 2.24) is 14.9 Å². The van der Waals surface area contributed by atoms with Gasteiger partial charge in [0.05, 0.1) is 49.8 Å². The number of carbonyl (C=O) groups is 2. The van der Waals surface area contributed by atoms with Crippen molar-refractivity contribution >= 4 is 78.6 Å². The third kappa shape index (κ3) is 3.12. The molecule has 3 heterocycles. The van der Waals surface area contributed by atoms with Crippen molar-refractivity contribution in [3.8, 4) is 0 Å². The summed E-state index contributed by atoms with van der Waals surface area (Å²) in [6.07, 6.45) is 0. The minimum atomic E-state index is -0.311. The predicted molar refractivity (Wildman–Crippen MR) is 155 cm³/mol. The predicted octanol–water partition coefficient (Wildman–Crippen LogP) is 8.36. The molecule has 0 atom stereocenters. The quantitative estimate of drug-likeness (QED) is 0.217. The van der Waals surface area contributed by atoms with E-state index in [1.807, 2.05) is 36.4 Å². The summed E-state index contributed by atoms with van der Waals surface area (Å²) >= 11 is 13.1. The fourth-order valence-corrected chi connectivity index (χ4v) is 6.18. The first-order valence-corrected chi connectivity index (χ1v) is 13.2. The Labute approximate surface area is 228 Å². The van der Waals surface area contributed by atoms with Gasteiger partial charge in [-0.25, -0.2) is 0 Å². The number of nitrogens with one attached hydrogen (secondary N) is 2. The molecule has 0 spiro atoms. The average molecular weight is 540 g/mol. The van der Waals surface area contributed by atoms with E-state index < -0.39 is 0 Å². The zero-order chi connectivity index (χ0) is 26.5. The Kier molecular flexibility index (Phi) is 4.82. The maximum absolute atomic E-state index is 14.1. The number of hydrogen-bond acceptors (Lipinski definition) is 2. The number of aromatic nitrogens is 2. The van der Waals surface area contributed by atoms with Gasteiger partial charge < -0.3 is 9.97 Å². The fourth-order valence-electron chi connectivity index (χ4n) is 5.73. The summed E-state index contributed by atoms with van der Waals surface area (Å²) in [5.41, 5.74) is 5.80. The third-order valence-corrected chi connectivity index (χ3v) is 8.27. The lowest BCUT2D eigenvalue weighted by Gasteiger charge is -2.20. The van der Waals surface area contributed by atoms with Crippen LogP contribution in [0.5, 0.6) is 0 Å². The number of carbonyl (C=O) groups excluding carboxylic acids is 2. The van der Waals surface area contributed by atoms with Gasteiger partial charge in [-0.2, -0.15) is 0 Å². The minimum absolute atomic E-state index is 0.0124. The van der Waals surface area contributed by atoms with Gasteiger partial charge in [-0.05, 0) is 28.7 Å². The van der Waals surface area contributed by atoms with E-state index >= 15 is 0 Å². The number of nitrogens with zero attached hydrogens (tertiary/aromatic N) is 1. The van der Waals surface area contributed by atoms with Crippen LogP contribution in [0.25, 0.3) is 43.6 Å². The molecule has 0 radical (unpaired) electrons. The van der Waals surface area contributed by atoms with Crippen molar-refractivity contribution in [3.05, 3.63) is 93.0 Å². The number of imide groups is 1. The highest BCUT2D eigenvalue weighted by atomic mass is 35.5. The van der Waals surface area contributed by atoms with Crippen LogP contribution in [0, 0.1) is 0 Å². The van der Waals surface area contributed by atoms with E-state index in [0.29, 0.717) is 31.9 Å². The maximum atomic E-state index is 14.1. The number of rotatable bonds is 2. The Morgan fingerprint density at radius 3 is 1.61 bits per heavy atom. The molecule has 1 aliphatic rings. The number of fused-ring (bicyclic) bond motifs is 10. The molecular formula is C31H23Cl2N3O2. The Bertz CT molecular complexity index is 1880. The normalized spacial score (nSPS) is 14.1. The van der Waals surface area contributed by atoms with Crippen LogP contribution in [0.15, 0.2) is 60.7 Å². The van der Waals surface area contributed by atoms with Crippen LogP contribution in [0.3, 0.4) is 0 Å². The third-order valence-electron chi connectivity index (χ3n) is 7.64. The van der Waals surface area contributed by atoms with Crippen molar-refractivity contribution < 1.29 is 9.59 Å². The van der Waals surface area contributed by atoms with Gasteiger partial charge >= 0.3 is 0 Å². The van der Waals surface area contributed by atoms with Crippen LogP contribution in [-0.4, -0.2) is 26.7 Å². The SMILES string of the molecule is CC(C)(C)c1ccc(CN2C(=O)c3c(c4c5cccc(Cl)c5[nH]c4c4[nH]c5c(Cl)cccc5c34)C2=O)cc1. The molecule has 2 amide bonds. The molecule has 7 rings (SSSR count). The van der Waals surface area contributed by atoms with E-state index in [-0.39, 0.29) is 23.8 Å². The van der Waals surface area contributed by atoms with Gasteiger partial charge in [-0.3, -0.25) is 14.5 Å². The van der Waals surface area contributed by atoms with Crippen LogP contribution < -0.4 is 0 Å². The molecule has 38 heavy (non-hydrogen) atoms. The van der Waals surface area contributed by atoms with Gasteiger partial charge in [0.25, 0.3) is 11.8 Å². The van der Waals surface area contributed by atoms with Crippen LogP contribution in [0.4, 0.5) is 0 Å². The first-order chi connectivity index (χ1) is 18.1. The van der Waals surface area contributed by atoms with Gasteiger partial charge in [-0.15, -0.1) is 0 Å². The topological polar surface area (TPSA) is 69.0 Å². The Hall–Kier alpha value is -3.80. The monoisotopic (exact) mass is 539 g/mol. The molecule has 4 aromatic carbocycles. The van der Waals surface area contributed by atoms with E-state index in [9.17, 15) is 9.59 Å². The average Bonchev–Trinajstić information content (AvgIpc) is 3.52. The van der Waals surface area contributed by atoms with E-state index in [1.165, 1.54) is 10.5 Å². The molecule has 6 aromatic rings. The lowest BCUT2D eigenvalue weighted by Crippen LogP contribution is -2.29. The van der Waals surface area contributed by atoms with Gasteiger partial charge in [0.2, 0.25) is 0 Å². The molecule has 5 nitrogen and oxygen atoms in total. The minimum Gasteiger partial charge on any atom is -0.352 e. The van der Waals surface area contributed by atoms with Crippen molar-refractivity contribution in [1.29, 1.82) is 0 Å². The number of amides is 2. The van der Waals surface area contributed by atoms with Crippen LogP contribution in [0.2, 0.25) is 10.0 Å². The largest absolute Gasteiger partial charge is 0.352 e. The number of para-hydroxylation sites is 2. The van der Waals surface area contributed by atoms with Gasteiger partial charge in [-0.1, -0.05) is 92.5 Å². The molecule has 0 bridgehead atoms. The van der Waals surface area contributed by atoms with Crippen LogP contribution in [0.1, 0.15) is 52.6 Å². The molecule has 1 aliphatic heterocycles. The van der Waals surface area contributed by atoms with Gasteiger partial charge in [0, 0.05) is 21.5 Å². The molecule has 0 fully saturated rings. The highest BCUT2D eigenvalue weighted by Crippen LogP contribution is 2.45. The molecule has 188 valence electrons. The summed E-state index contributed by atoms with van der Waals surface area (Å²) in [6.45, 7) is 6.66. The molecule has 2 aromatic heterocycles. The summed E-state index contributed by atoms with van der Waals surface area (Å²) in [4.78, 5) is 36.3. The summed E-state index contributed by atoms with van der Waals surface area (Å²) < 4.78 is 0. The molecular weight excluding hydrogens is 517 g/mol. The molecule has 2 N–H and O–H groups in total. The molecule has 0 saturated carbocycles. The van der Waals surface area contributed by atoms with E-state index in [1.54, 1.807) is 12.1 Å². The Balaban J connectivity index is 1.51.